The second kappa shape index (κ2) is 8.03. The highest BCUT2D eigenvalue weighted by molar-refractivity contribution is 7.12. The number of aliphatic carboxylic acids is 1. The van der Waals surface area contributed by atoms with Crippen molar-refractivity contribution in [2.24, 2.45) is 5.92 Å². The molecular weight excluding hydrogens is 350 g/mol. The number of aromatic nitrogens is 2. The van der Waals surface area contributed by atoms with E-state index in [2.05, 4.69) is 10.3 Å². The van der Waals surface area contributed by atoms with E-state index in [-0.39, 0.29) is 11.9 Å². The summed E-state index contributed by atoms with van der Waals surface area (Å²) in [6, 6.07) is 1.54. The molecule has 2 aromatic rings. The van der Waals surface area contributed by atoms with Gasteiger partial charge in [0.1, 0.15) is 0 Å². The molecule has 1 saturated carbocycles. The van der Waals surface area contributed by atoms with Crippen LogP contribution in [0, 0.1) is 19.8 Å². The van der Waals surface area contributed by atoms with Gasteiger partial charge in [-0.05, 0) is 32.8 Å². The van der Waals surface area contributed by atoms with Crippen molar-refractivity contribution >= 4 is 23.2 Å². The van der Waals surface area contributed by atoms with Crippen LogP contribution in [0.4, 0.5) is 0 Å². The van der Waals surface area contributed by atoms with E-state index in [0.29, 0.717) is 18.4 Å². The Morgan fingerprint density at radius 3 is 2.62 bits per heavy atom. The van der Waals surface area contributed by atoms with Crippen LogP contribution >= 0.6 is 11.3 Å². The molecule has 7 heteroatoms. The number of nitrogens with one attached hydrogen (secondary N) is 1. The molecule has 3 rings (SSSR count). The summed E-state index contributed by atoms with van der Waals surface area (Å²) < 4.78 is 1.96. The molecule has 1 aliphatic rings. The number of carbonyl (C=O) groups is 2. The number of nitrogens with zero attached hydrogens (tertiary/aromatic N) is 2. The van der Waals surface area contributed by atoms with Crippen molar-refractivity contribution in [3.8, 4) is 5.13 Å². The molecule has 0 radical (unpaired) electrons. The monoisotopic (exact) mass is 375 g/mol. The highest BCUT2D eigenvalue weighted by Gasteiger charge is 2.31. The number of carboxylic acids is 1. The molecule has 0 spiro atoms. The Morgan fingerprint density at radius 1 is 1.23 bits per heavy atom. The molecule has 0 saturated heterocycles. The third kappa shape index (κ3) is 3.82. The summed E-state index contributed by atoms with van der Waals surface area (Å²) in [5, 5.41) is 15.3. The van der Waals surface area contributed by atoms with E-state index in [9.17, 15) is 14.7 Å². The van der Waals surface area contributed by atoms with Crippen molar-refractivity contribution in [2.75, 3.05) is 0 Å². The van der Waals surface area contributed by atoms with Gasteiger partial charge in [0.05, 0.1) is 11.5 Å². The summed E-state index contributed by atoms with van der Waals surface area (Å²) in [5.41, 5.74) is 2.35. The van der Waals surface area contributed by atoms with E-state index >= 15 is 0 Å². The summed E-state index contributed by atoms with van der Waals surface area (Å²) >= 11 is 1.52. The van der Waals surface area contributed by atoms with Gasteiger partial charge in [-0.15, -0.1) is 11.3 Å². The lowest BCUT2D eigenvalue weighted by molar-refractivity contribution is -0.143. The first kappa shape index (κ1) is 18.6. The highest BCUT2D eigenvalue weighted by atomic mass is 32.1. The first-order valence-corrected chi connectivity index (χ1v) is 9.99. The zero-order chi connectivity index (χ0) is 18.7. The minimum absolute atomic E-state index is 0.197. The Hall–Kier alpha value is -2.15. The molecule has 2 aromatic heterocycles. The Kier molecular flexibility index (Phi) is 5.76. The molecule has 0 bridgehead atoms. The standard InChI is InChI=1S/C19H25N3O3S/c1-12-11-15(13(2)22(12)19-20-9-10-26-19)17(23)21-16-8-6-4-3-5-7-14(16)18(24)25/h9-11,14,16H,3-8H2,1-2H3,(H,21,23)(H,24,25). The van der Waals surface area contributed by atoms with Gasteiger partial charge < -0.3 is 10.4 Å². The maximum atomic E-state index is 12.9. The number of thiazole rings is 1. The lowest BCUT2D eigenvalue weighted by Crippen LogP contribution is -2.44. The minimum atomic E-state index is -0.814. The number of hydrogen-bond donors (Lipinski definition) is 2. The molecule has 0 aliphatic heterocycles. The van der Waals surface area contributed by atoms with E-state index in [1.54, 1.807) is 6.20 Å². The Labute approximate surface area is 157 Å². The molecule has 6 nitrogen and oxygen atoms in total. The van der Waals surface area contributed by atoms with Gasteiger partial charge in [0.25, 0.3) is 5.91 Å². The van der Waals surface area contributed by atoms with E-state index in [1.165, 1.54) is 11.3 Å². The van der Waals surface area contributed by atoms with Gasteiger partial charge in [0, 0.05) is 29.0 Å². The fourth-order valence-corrected chi connectivity index (χ4v) is 4.56. The largest absolute Gasteiger partial charge is 0.481 e. The van der Waals surface area contributed by atoms with Gasteiger partial charge in [-0.1, -0.05) is 25.7 Å². The van der Waals surface area contributed by atoms with Crippen LogP contribution in [0.1, 0.15) is 60.3 Å². The summed E-state index contributed by atoms with van der Waals surface area (Å²) in [4.78, 5) is 28.9. The number of carboxylic acid groups (broad SMARTS) is 1. The number of rotatable bonds is 4. The Bertz CT molecular complexity index is 782. The van der Waals surface area contributed by atoms with Gasteiger partial charge >= 0.3 is 5.97 Å². The number of aryl methyl sites for hydroxylation is 1. The number of amides is 1. The lowest BCUT2D eigenvalue weighted by Gasteiger charge is -2.27. The number of hydrogen-bond acceptors (Lipinski definition) is 4. The van der Waals surface area contributed by atoms with Crippen LogP contribution in [0.25, 0.3) is 5.13 Å². The quantitative estimate of drug-likeness (QED) is 0.853. The first-order valence-electron chi connectivity index (χ1n) is 9.11. The van der Waals surface area contributed by atoms with Crippen LogP contribution in [0.3, 0.4) is 0 Å². The zero-order valence-electron chi connectivity index (χ0n) is 15.2. The maximum Gasteiger partial charge on any atom is 0.308 e. The topological polar surface area (TPSA) is 84.2 Å². The molecule has 2 heterocycles. The van der Waals surface area contributed by atoms with Crippen molar-refractivity contribution < 1.29 is 14.7 Å². The molecule has 2 atom stereocenters. The van der Waals surface area contributed by atoms with Crippen LogP contribution in [-0.4, -0.2) is 32.6 Å². The second-order valence-electron chi connectivity index (χ2n) is 6.95. The van der Waals surface area contributed by atoms with Crippen LogP contribution in [0.5, 0.6) is 0 Å². The molecule has 2 unspecified atom stereocenters. The van der Waals surface area contributed by atoms with Crippen LogP contribution < -0.4 is 5.32 Å². The average Bonchev–Trinajstić information content (AvgIpc) is 3.17. The van der Waals surface area contributed by atoms with Gasteiger partial charge in [-0.2, -0.15) is 0 Å². The highest BCUT2D eigenvalue weighted by Crippen LogP contribution is 2.25. The molecule has 2 N–H and O–H groups in total. The normalized spacial score (nSPS) is 21.0. The molecule has 1 aliphatic carbocycles. The van der Waals surface area contributed by atoms with Crippen LogP contribution in [-0.2, 0) is 4.79 Å². The van der Waals surface area contributed by atoms with Gasteiger partial charge in [0.2, 0.25) is 0 Å². The summed E-state index contributed by atoms with van der Waals surface area (Å²) in [6.07, 6.45) is 7.10. The molecule has 26 heavy (non-hydrogen) atoms. The average molecular weight is 375 g/mol. The fourth-order valence-electron chi connectivity index (χ4n) is 3.81. The first-order chi connectivity index (χ1) is 12.5. The fraction of sp³-hybridized carbons (Fsp3) is 0.526. The van der Waals surface area contributed by atoms with E-state index in [0.717, 1.165) is 42.2 Å². The SMILES string of the molecule is Cc1cc(C(=O)NC2CCCCCCC2C(=O)O)c(C)n1-c1nccs1. The third-order valence-corrected chi connectivity index (χ3v) is 5.94. The second-order valence-corrected chi connectivity index (χ2v) is 7.82. The van der Waals surface area contributed by atoms with E-state index < -0.39 is 11.9 Å². The van der Waals surface area contributed by atoms with E-state index in [4.69, 9.17) is 0 Å². The van der Waals surface area contributed by atoms with Crippen LogP contribution in [0.15, 0.2) is 17.6 Å². The van der Waals surface area contributed by atoms with Crippen LogP contribution in [0.2, 0.25) is 0 Å². The van der Waals surface area contributed by atoms with Crippen molar-refractivity contribution in [1.82, 2.24) is 14.9 Å². The Balaban J connectivity index is 1.82. The molecule has 140 valence electrons. The summed E-state index contributed by atoms with van der Waals surface area (Å²) in [6.45, 7) is 3.84. The molecular formula is C19H25N3O3S. The summed E-state index contributed by atoms with van der Waals surface area (Å²) in [5.74, 6) is -1.52. The smallest absolute Gasteiger partial charge is 0.308 e. The van der Waals surface area contributed by atoms with Gasteiger partial charge in [-0.25, -0.2) is 4.98 Å². The predicted octanol–water partition coefficient (Wildman–Crippen LogP) is 3.70. The predicted molar refractivity (Wildman–Crippen MR) is 101 cm³/mol. The maximum absolute atomic E-state index is 12.9. The third-order valence-electron chi connectivity index (χ3n) is 5.19. The molecule has 0 aromatic carbocycles. The van der Waals surface area contributed by atoms with E-state index in [1.807, 2.05) is 29.9 Å². The number of carbonyl (C=O) groups excluding carboxylic acids is 1. The van der Waals surface area contributed by atoms with Crippen molar-refractivity contribution in [3.63, 3.8) is 0 Å². The lowest BCUT2D eigenvalue weighted by atomic mass is 9.86. The van der Waals surface area contributed by atoms with Gasteiger partial charge in [0.15, 0.2) is 5.13 Å². The Morgan fingerprint density at radius 2 is 1.96 bits per heavy atom. The summed E-state index contributed by atoms with van der Waals surface area (Å²) in [7, 11) is 0. The van der Waals surface area contributed by atoms with Gasteiger partial charge in [-0.3, -0.25) is 14.2 Å². The van der Waals surface area contributed by atoms with Crippen molar-refractivity contribution in [2.45, 2.75) is 58.4 Å². The molecule has 1 amide bonds. The zero-order valence-corrected chi connectivity index (χ0v) is 16.0. The van der Waals surface area contributed by atoms with Crippen molar-refractivity contribution in [1.29, 1.82) is 0 Å². The minimum Gasteiger partial charge on any atom is -0.481 e. The molecule has 1 fully saturated rings. The van der Waals surface area contributed by atoms with Crippen molar-refractivity contribution in [3.05, 3.63) is 34.6 Å².